The summed E-state index contributed by atoms with van der Waals surface area (Å²) >= 11 is 4.59. The first-order chi connectivity index (χ1) is 17.0. The first-order valence-corrected chi connectivity index (χ1v) is 11.6. The third-order valence-corrected chi connectivity index (χ3v) is 5.82. The molecule has 0 unspecified atom stereocenters. The van der Waals surface area contributed by atoms with Gasteiger partial charge in [-0.05, 0) is 96.0 Å². The van der Waals surface area contributed by atoms with Crippen LogP contribution < -0.4 is 9.47 Å². The quantitative estimate of drug-likeness (QED) is 0.122. The minimum absolute atomic E-state index is 0.366. The Labute approximate surface area is 209 Å². The number of hydrogen-bond donors (Lipinski definition) is 0. The van der Waals surface area contributed by atoms with Gasteiger partial charge in [-0.15, -0.1) is 0 Å². The van der Waals surface area contributed by atoms with E-state index in [1.54, 1.807) is 49.4 Å². The molecule has 0 aliphatic heterocycles. The predicted octanol–water partition coefficient (Wildman–Crippen LogP) is 7.06. The van der Waals surface area contributed by atoms with Gasteiger partial charge in [0.15, 0.2) is 0 Å². The van der Waals surface area contributed by atoms with E-state index in [2.05, 4.69) is 29.3 Å². The van der Waals surface area contributed by atoms with E-state index in [9.17, 15) is 9.59 Å². The highest BCUT2D eigenvalue weighted by molar-refractivity contribution is 7.78. The molecule has 4 aromatic rings. The van der Waals surface area contributed by atoms with Crippen LogP contribution in [0.25, 0.3) is 10.8 Å². The molecule has 0 aromatic heterocycles. The van der Waals surface area contributed by atoms with Crippen molar-refractivity contribution in [3.63, 3.8) is 0 Å². The zero-order valence-electron chi connectivity index (χ0n) is 19.4. The van der Waals surface area contributed by atoms with Gasteiger partial charge in [0.25, 0.3) is 0 Å². The third kappa shape index (κ3) is 5.87. The number of rotatable bonds is 7. The van der Waals surface area contributed by atoms with Crippen molar-refractivity contribution in [1.82, 2.24) is 0 Å². The maximum atomic E-state index is 12.7. The lowest BCUT2D eigenvalue weighted by Gasteiger charge is -2.13. The van der Waals surface area contributed by atoms with E-state index in [0.29, 0.717) is 22.7 Å². The molecule has 0 fully saturated rings. The third-order valence-electron chi connectivity index (χ3n) is 5.73. The first-order valence-electron chi connectivity index (χ1n) is 11.2. The van der Waals surface area contributed by atoms with Crippen molar-refractivity contribution in [3.05, 3.63) is 102 Å². The van der Waals surface area contributed by atoms with Crippen molar-refractivity contribution in [3.8, 4) is 11.5 Å². The Bertz CT molecular complexity index is 1420. The minimum atomic E-state index is -0.471. The molecule has 0 aliphatic rings. The van der Waals surface area contributed by atoms with Crippen LogP contribution in [0.1, 0.15) is 41.3 Å². The van der Waals surface area contributed by atoms with Crippen LogP contribution in [0.3, 0.4) is 0 Å². The number of thiocarbonyl (C=S) groups is 1. The molecule has 35 heavy (non-hydrogen) atoms. The maximum Gasteiger partial charge on any atom is 0.343 e. The van der Waals surface area contributed by atoms with E-state index < -0.39 is 11.9 Å². The van der Waals surface area contributed by atoms with E-state index >= 15 is 0 Å². The summed E-state index contributed by atoms with van der Waals surface area (Å²) in [5.41, 5.74) is 3.13. The van der Waals surface area contributed by atoms with Crippen molar-refractivity contribution in [2.45, 2.75) is 26.2 Å². The second-order valence-corrected chi connectivity index (χ2v) is 8.23. The average molecular weight is 482 g/mol. The van der Waals surface area contributed by atoms with Crippen LogP contribution in [0.15, 0.2) is 89.9 Å². The van der Waals surface area contributed by atoms with E-state index in [-0.39, 0.29) is 5.97 Å². The second kappa shape index (κ2) is 10.9. The van der Waals surface area contributed by atoms with Crippen LogP contribution in [0.2, 0.25) is 0 Å². The molecule has 6 heteroatoms. The molecule has 0 spiro atoms. The average Bonchev–Trinajstić information content (AvgIpc) is 2.89. The first kappa shape index (κ1) is 24.0. The van der Waals surface area contributed by atoms with Crippen LogP contribution >= 0.6 is 12.2 Å². The Morgan fingerprint density at radius 1 is 0.857 bits per heavy atom. The van der Waals surface area contributed by atoms with Gasteiger partial charge in [0, 0.05) is 0 Å². The van der Waals surface area contributed by atoms with Crippen molar-refractivity contribution in [2.24, 2.45) is 4.99 Å². The summed E-state index contributed by atoms with van der Waals surface area (Å²) in [5.74, 6) is -0.343. The molecule has 4 aromatic carbocycles. The van der Waals surface area contributed by atoms with Gasteiger partial charge in [0.2, 0.25) is 0 Å². The number of nitrogens with zero attached hydrogens (tertiary/aromatic N) is 1. The Balaban J connectivity index is 1.45. The normalized spacial score (nSPS) is 11.4. The number of aryl methyl sites for hydroxylation is 1. The zero-order valence-corrected chi connectivity index (χ0v) is 20.2. The fraction of sp³-hybridized carbons (Fsp3) is 0.138. The van der Waals surface area contributed by atoms with Gasteiger partial charge in [0.1, 0.15) is 11.5 Å². The lowest BCUT2D eigenvalue weighted by molar-refractivity contribution is -0.135. The van der Waals surface area contributed by atoms with Gasteiger partial charge in [0.05, 0.1) is 22.3 Å². The Morgan fingerprint density at radius 2 is 1.51 bits per heavy atom. The number of esters is 2. The molecular weight excluding hydrogens is 458 g/mol. The summed E-state index contributed by atoms with van der Waals surface area (Å²) in [4.78, 5) is 29.0. The van der Waals surface area contributed by atoms with Crippen molar-refractivity contribution < 1.29 is 19.1 Å². The van der Waals surface area contributed by atoms with Crippen molar-refractivity contribution in [1.29, 1.82) is 0 Å². The largest absolute Gasteiger partial charge is 0.426 e. The zero-order chi connectivity index (χ0) is 24.8. The van der Waals surface area contributed by atoms with Crippen LogP contribution in [0.5, 0.6) is 11.5 Å². The molecule has 5 nitrogen and oxygen atoms in total. The van der Waals surface area contributed by atoms with Gasteiger partial charge < -0.3 is 9.47 Å². The van der Waals surface area contributed by atoms with E-state index in [4.69, 9.17) is 9.47 Å². The number of isothiocyanates is 1. The highest BCUT2D eigenvalue weighted by Crippen LogP contribution is 2.27. The van der Waals surface area contributed by atoms with Crippen molar-refractivity contribution >= 4 is 45.8 Å². The summed E-state index contributed by atoms with van der Waals surface area (Å²) in [6, 6.07) is 25.3. The molecule has 0 saturated carbocycles. The highest BCUT2D eigenvalue weighted by atomic mass is 32.1. The number of carbonyl (C=O) groups is 2. The molecule has 0 amide bonds. The smallest absolute Gasteiger partial charge is 0.343 e. The Morgan fingerprint density at radius 3 is 2.20 bits per heavy atom. The molecular formula is C29H23NO4S. The standard InChI is InChI=1S/C29H23NO4S/c1-3-20-4-6-21(7-5-20)29(32)34-27-13-10-23-16-22(8-9-24(23)17-27)19(2)28(31)33-26-14-11-25(12-15-26)30-18-35/h4-17,19H,3H2,1-2H3/t19-/m0/s1. The molecule has 0 N–H and O–H groups in total. The summed E-state index contributed by atoms with van der Waals surface area (Å²) in [5, 5.41) is 4.12. The lowest BCUT2D eigenvalue weighted by atomic mass is 9.98. The van der Waals surface area contributed by atoms with E-state index in [0.717, 1.165) is 28.3 Å². The lowest BCUT2D eigenvalue weighted by Crippen LogP contribution is -2.16. The Hall–Kier alpha value is -4.12. The van der Waals surface area contributed by atoms with Gasteiger partial charge in [-0.3, -0.25) is 4.79 Å². The van der Waals surface area contributed by atoms with Crippen LogP contribution in [0, 0.1) is 0 Å². The van der Waals surface area contributed by atoms with Gasteiger partial charge in [-0.25, -0.2) is 4.79 Å². The molecule has 1 atom stereocenters. The van der Waals surface area contributed by atoms with Gasteiger partial charge >= 0.3 is 11.9 Å². The van der Waals surface area contributed by atoms with E-state index in [1.165, 1.54) is 0 Å². The van der Waals surface area contributed by atoms with Crippen molar-refractivity contribution in [2.75, 3.05) is 0 Å². The molecule has 0 bridgehead atoms. The number of ether oxygens (including phenoxy) is 2. The fourth-order valence-electron chi connectivity index (χ4n) is 3.60. The molecule has 4 rings (SSSR count). The molecule has 0 aliphatic carbocycles. The van der Waals surface area contributed by atoms with Crippen LogP contribution in [0.4, 0.5) is 5.69 Å². The molecule has 0 radical (unpaired) electrons. The summed E-state index contributed by atoms with van der Waals surface area (Å²) in [6.07, 6.45) is 0.912. The van der Waals surface area contributed by atoms with Crippen LogP contribution in [-0.2, 0) is 11.2 Å². The summed E-state index contributed by atoms with van der Waals surface area (Å²) < 4.78 is 11.1. The molecule has 174 valence electrons. The van der Waals surface area contributed by atoms with E-state index in [1.807, 2.05) is 42.5 Å². The van der Waals surface area contributed by atoms with Crippen LogP contribution in [-0.4, -0.2) is 17.1 Å². The predicted molar refractivity (Wildman–Crippen MR) is 140 cm³/mol. The Kier molecular flexibility index (Phi) is 7.46. The number of aliphatic imine (C=N–C) groups is 1. The van der Waals surface area contributed by atoms with Gasteiger partial charge in [-0.1, -0.05) is 43.3 Å². The SMILES string of the molecule is CCc1ccc(C(=O)Oc2ccc3cc([C@H](C)C(=O)Oc4ccc(N=C=S)cc4)ccc3c2)cc1. The number of carbonyl (C=O) groups excluding carboxylic acids is 2. The summed E-state index contributed by atoms with van der Waals surface area (Å²) in [7, 11) is 0. The van der Waals surface area contributed by atoms with Gasteiger partial charge in [-0.2, -0.15) is 4.99 Å². The second-order valence-electron chi connectivity index (χ2n) is 8.05. The fourth-order valence-corrected chi connectivity index (χ4v) is 3.71. The monoisotopic (exact) mass is 481 g/mol. The molecule has 0 heterocycles. The highest BCUT2D eigenvalue weighted by Gasteiger charge is 2.18. The number of hydrogen-bond acceptors (Lipinski definition) is 6. The number of benzene rings is 4. The number of fused-ring (bicyclic) bond motifs is 1. The topological polar surface area (TPSA) is 65.0 Å². The summed E-state index contributed by atoms with van der Waals surface area (Å²) in [6.45, 7) is 3.86. The maximum absolute atomic E-state index is 12.7. The minimum Gasteiger partial charge on any atom is -0.426 e. The molecule has 0 saturated heterocycles.